The van der Waals surface area contributed by atoms with E-state index in [4.69, 9.17) is 10.5 Å². The Morgan fingerprint density at radius 3 is 2.76 bits per heavy atom. The van der Waals surface area contributed by atoms with Crippen LogP contribution in [0.5, 0.6) is 5.75 Å². The number of nitrogens with zero attached hydrogens (tertiary/aromatic N) is 1. The largest absolute Gasteiger partial charge is 0.496 e. The van der Waals surface area contributed by atoms with Crippen molar-refractivity contribution >= 4 is 11.3 Å². The summed E-state index contributed by atoms with van der Waals surface area (Å²) < 4.78 is 5.41. The summed E-state index contributed by atoms with van der Waals surface area (Å²) in [5, 5.41) is 2.14. The third-order valence-corrected chi connectivity index (χ3v) is 4.73. The van der Waals surface area contributed by atoms with Crippen molar-refractivity contribution in [3.05, 3.63) is 51.7 Å². The van der Waals surface area contributed by atoms with Crippen LogP contribution in [0.15, 0.2) is 35.7 Å². The molecule has 0 radical (unpaired) electrons. The molecule has 1 aromatic carbocycles. The second kappa shape index (κ2) is 7.59. The van der Waals surface area contributed by atoms with Crippen LogP contribution in [0.3, 0.4) is 0 Å². The van der Waals surface area contributed by atoms with Gasteiger partial charge in [-0.05, 0) is 43.5 Å². The summed E-state index contributed by atoms with van der Waals surface area (Å²) in [5.41, 5.74) is 8.02. The van der Waals surface area contributed by atoms with Crippen molar-refractivity contribution in [3.63, 3.8) is 0 Å². The molecule has 1 aromatic heterocycles. The molecule has 0 aliphatic rings. The summed E-state index contributed by atoms with van der Waals surface area (Å²) in [5.74, 6) is 0.884. The topological polar surface area (TPSA) is 38.5 Å². The number of benzene rings is 1. The quantitative estimate of drug-likeness (QED) is 0.853. The Kier molecular flexibility index (Phi) is 5.79. The third-order valence-electron chi connectivity index (χ3n) is 3.83. The van der Waals surface area contributed by atoms with Crippen molar-refractivity contribution in [2.75, 3.05) is 14.2 Å². The van der Waals surface area contributed by atoms with E-state index in [-0.39, 0.29) is 0 Å². The highest BCUT2D eigenvalue weighted by Gasteiger charge is 2.12. The van der Waals surface area contributed by atoms with E-state index in [1.807, 2.05) is 11.3 Å². The monoisotopic (exact) mass is 304 g/mol. The molecule has 0 saturated heterocycles. The van der Waals surface area contributed by atoms with Crippen LogP contribution in [0, 0.1) is 0 Å². The van der Waals surface area contributed by atoms with Crippen molar-refractivity contribution < 1.29 is 4.74 Å². The average molecular weight is 304 g/mol. The van der Waals surface area contributed by atoms with E-state index in [2.05, 4.69) is 54.6 Å². The average Bonchev–Trinajstić information content (AvgIpc) is 2.99. The molecule has 114 valence electrons. The molecule has 0 amide bonds. The maximum atomic E-state index is 5.71. The SMILES string of the molecule is COc1cc(CN(C)C(C)Cc2cccs2)ccc1CN. The Morgan fingerprint density at radius 2 is 2.14 bits per heavy atom. The van der Waals surface area contributed by atoms with E-state index in [0.717, 1.165) is 24.3 Å². The summed E-state index contributed by atoms with van der Waals surface area (Å²) >= 11 is 1.83. The second-order valence-corrected chi connectivity index (χ2v) is 6.43. The van der Waals surface area contributed by atoms with Gasteiger partial charge in [0, 0.05) is 29.6 Å². The Morgan fingerprint density at radius 1 is 1.33 bits per heavy atom. The molecular weight excluding hydrogens is 280 g/mol. The van der Waals surface area contributed by atoms with E-state index in [0.29, 0.717) is 12.6 Å². The molecule has 1 atom stereocenters. The first kappa shape index (κ1) is 16.0. The molecule has 0 saturated carbocycles. The number of hydrogen-bond donors (Lipinski definition) is 1. The van der Waals surface area contributed by atoms with Crippen LogP contribution in [-0.2, 0) is 19.5 Å². The summed E-state index contributed by atoms with van der Waals surface area (Å²) in [4.78, 5) is 3.81. The van der Waals surface area contributed by atoms with Gasteiger partial charge in [-0.25, -0.2) is 0 Å². The minimum atomic E-state index is 0.504. The maximum Gasteiger partial charge on any atom is 0.123 e. The van der Waals surface area contributed by atoms with Crippen LogP contribution >= 0.6 is 11.3 Å². The van der Waals surface area contributed by atoms with E-state index in [9.17, 15) is 0 Å². The van der Waals surface area contributed by atoms with Crippen LogP contribution in [0.2, 0.25) is 0 Å². The number of thiophene rings is 1. The number of hydrogen-bond acceptors (Lipinski definition) is 4. The highest BCUT2D eigenvalue weighted by atomic mass is 32.1. The van der Waals surface area contributed by atoms with Crippen LogP contribution in [0.1, 0.15) is 22.9 Å². The smallest absolute Gasteiger partial charge is 0.123 e. The summed E-state index contributed by atoms with van der Waals surface area (Å²) in [6.45, 7) is 3.69. The number of ether oxygens (including phenoxy) is 1. The van der Waals surface area contributed by atoms with Crippen molar-refractivity contribution in [1.29, 1.82) is 0 Å². The molecule has 1 unspecified atom stereocenters. The molecule has 0 fully saturated rings. The van der Waals surface area contributed by atoms with Crippen molar-refractivity contribution in [2.24, 2.45) is 5.73 Å². The number of nitrogens with two attached hydrogens (primary N) is 1. The first-order valence-electron chi connectivity index (χ1n) is 7.22. The van der Waals surface area contributed by atoms with Crippen LogP contribution < -0.4 is 10.5 Å². The highest BCUT2D eigenvalue weighted by Crippen LogP contribution is 2.21. The zero-order valence-corrected chi connectivity index (χ0v) is 13.8. The molecule has 0 bridgehead atoms. The van der Waals surface area contributed by atoms with Gasteiger partial charge in [0.05, 0.1) is 7.11 Å². The fraction of sp³-hybridized carbons (Fsp3) is 0.412. The maximum absolute atomic E-state index is 5.71. The van der Waals surface area contributed by atoms with Gasteiger partial charge >= 0.3 is 0 Å². The predicted octanol–water partition coefficient (Wildman–Crippen LogP) is 3.28. The van der Waals surface area contributed by atoms with Gasteiger partial charge in [0.2, 0.25) is 0 Å². The minimum absolute atomic E-state index is 0.504. The third kappa shape index (κ3) is 4.30. The van der Waals surface area contributed by atoms with Gasteiger partial charge in [-0.15, -0.1) is 11.3 Å². The van der Waals surface area contributed by atoms with Crippen molar-refractivity contribution in [1.82, 2.24) is 4.90 Å². The Balaban J connectivity index is 2.00. The van der Waals surface area contributed by atoms with E-state index in [1.54, 1.807) is 7.11 Å². The highest BCUT2D eigenvalue weighted by molar-refractivity contribution is 7.09. The Labute approximate surface area is 131 Å². The van der Waals surface area contributed by atoms with Crippen LogP contribution in [-0.4, -0.2) is 25.1 Å². The lowest BCUT2D eigenvalue weighted by Gasteiger charge is -2.24. The lowest BCUT2D eigenvalue weighted by Crippen LogP contribution is -2.30. The van der Waals surface area contributed by atoms with E-state index >= 15 is 0 Å². The summed E-state index contributed by atoms with van der Waals surface area (Å²) in [6, 6.07) is 11.1. The number of methoxy groups -OCH3 is 1. The van der Waals surface area contributed by atoms with Gasteiger partial charge in [-0.1, -0.05) is 18.2 Å². The second-order valence-electron chi connectivity index (χ2n) is 5.40. The van der Waals surface area contributed by atoms with E-state index < -0.39 is 0 Å². The van der Waals surface area contributed by atoms with Crippen molar-refractivity contribution in [3.8, 4) is 5.75 Å². The Hall–Kier alpha value is -1.36. The molecule has 3 nitrogen and oxygen atoms in total. The standard InChI is InChI=1S/C17H24N2OS/c1-13(9-16-5-4-8-21-16)19(2)12-14-6-7-15(11-18)17(10-14)20-3/h4-8,10,13H,9,11-12,18H2,1-3H3. The van der Waals surface area contributed by atoms with Crippen molar-refractivity contribution in [2.45, 2.75) is 32.5 Å². The first-order valence-corrected chi connectivity index (χ1v) is 8.10. The van der Waals surface area contributed by atoms with Gasteiger partial charge in [0.25, 0.3) is 0 Å². The van der Waals surface area contributed by atoms with Crippen LogP contribution in [0.4, 0.5) is 0 Å². The molecular formula is C17H24N2OS. The molecule has 2 rings (SSSR count). The first-order chi connectivity index (χ1) is 10.1. The molecule has 0 aliphatic carbocycles. The molecule has 0 spiro atoms. The molecule has 1 heterocycles. The van der Waals surface area contributed by atoms with Gasteiger partial charge in [0.1, 0.15) is 5.75 Å². The normalized spacial score (nSPS) is 12.6. The van der Waals surface area contributed by atoms with Gasteiger partial charge in [-0.3, -0.25) is 4.90 Å². The number of rotatable bonds is 7. The zero-order valence-electron chi connectivity index (χ0n) is 13.0. The molecule has 2 aromatic rings. The van der Waals surface area contributed by atoms with E-state index in [1.165, 1.54) is 10.4 Å². The zero-order chi connectivity index (χ0) is 15.2. The molecule has 21 heavy (non-hydrogen) atoms. The Bertz CT molecular complexity index is 554. The lowest BCUT2D eigenvalue weighted by atomic mass is 10.1. The molecule has 2 N–H and O–H groups in total. The lowest BCUT2D eigenvalue weighted by molar-refractivity contribution is 0.248. The summed E-state index contributed by atoms with van der Waals surface area (Å²) in [7, 11) is 3.86. The van der Waals surface area contributed by atoms with Crippen LogP contribution in [0.25, 0.3) is 0 Å². The molecule has 4 heteroatoms. The predicted molar refractivity (Wildman–Crippen MR) is 89.8 cm³/mol. The van der Waals surface area contributed by atoms with Gasteiger partial charge < -0.3 is 10.5 Å². The fourth-order valence-electron chi connectivity index (χ4n) is 2.38. The van der Waals surface area contributed by atoms with Gasteiger partial charge in [0.15, 0.2) is 0 Å². The minimum Gasteiger partial charge on any atom is -0.496 e. The fourth-order valence-corrected chi connectivity index (χ4v) is 3.20. The molecule has 0 aliphatic heterocycles. The summed E-state index contributed by atoms with van der Waals surface area (Å²) in [6.07, 6.45) is 1.09. The number of likely N-dealkylation sites (N-methyl/N-ethyl adjacent to an activating group) is 1. The van der Waals surface area contributed by atoms with Gasteiger partial charge in [-0.2, -0.15) is 0 Å².